The van der Waals surface area contributed by atoms with Crippen LogP contribution >= 0.6 is 11.3 Å². The van der Waals surface area contributed by atoms with Crippen LogP contribution in [0.5, 0.6) is 0 Å². The topological polar surface area (TPSA) is 42.2 Å². The Kier molecular flexibility index (Phi) is 3.94. The lowest BCUT2D eigenvalue weighted by atomic mass is 10.1. The summed E-state index contributed by atoms with van der Waals surface area (Å²) in [6, 6.07) is 2.75. The summed E-state index contributed by atoms with van der Waals surface area (Å²) >= 11 is 1.77. The summed E-state index contributed by atoms with van der Waals surface area (Å²) in [5, 5.41) is 8.43. The molecule has 4 nitrogen and oxygen atoms in total. The lowest BCUT2D eigenvalue weighted by Crippen LogP contribution is -2.22. The molecule has 3 rings (SSSR count). The average Bonchev–Trinajstić information content (AvgIpc) is 3.11. The highest BCUT2D eigenvalue weighted by atomic mass is 32.1. The van der Waals surface area contributed by atoms with E-state index in [-0.39, 0.29) is 0 Å². The lowest BCUT2D eigenvalue weighted by molar-refractivity contribution is 0.212. The zero-order valence-electron chi connectivity index (χ0n) is 11.2. The largest absolute Gasteiger partial charge is 0.338 e. The van der Waals surface area contributed by atoms with E-state index in [1.165, 1.54) is 18.4 Å². The van der Waals surface area contributed by atoms with Crippen LogP contribution in [0, 0.1) is 0 Å². The predicted octanol–water partition coefficient (Wildman–Crippen LogP) is 3.42. The molecule has 1 unspecified atom stereocenters. The molecule has 19 heavy (non-hydrogen) atoms. The van der Waals surface area contributed by atoms with Crippen molar-refractivity contribution in [3.8, 4) is 0 Å². The molecular formula is C14H19N3OS. The zero-order chi connectivity index (χ0) is 13.1. The number of thiophene rings is 1. The summed E-state index contributed by atoms with van der Waals surface area (Å²) in [7, 11) is 0. The molecule has 102 valence electrons. The van der Waals surface area contributed by atoms with Crippen LogP contribution in [0.25, 0.3) is 0 Å². The van der Waals surface area contributed by atoms with Crippen molar-refractivity contribution in [2.75, 3.05) is 6.54 Å². The Morgan fingerprint density at radius 1 is 1.53 bits per heavy atom. The minimum absolute atomic E-state index is 0.521. The third kappa shape index (κ3) is 2.87. The van der Waals surface area contributed by atoms with Gasteiger partial charge in [-0.05, 0) is 48.2 Å². The van der Waals surface area contributed by atoms with E-state index in [0.717, 1.165) is 37.6 Å². The summed E-state index contributed by atoms with van der Waals surface area (Å²) in [6.45, 7) is 4.02. The van der Waals surface area contributed by atoms with Crippen LogP contribution in [0.2, 0.25) is 0 Å². The van der Waals surface area contributed by atoms with E-state index < -0.39 is 0 Å². The molecule has 0 bridgehead atoms. The van der Waals surface area contributed by atoms with Crippen LogP contribution < -0.4 is 0 Å². The van der Waals surface area contributed by atoms with Crippen LogP contribution in [-0.4, -0.2) is 21.6 Å². The van der Waals surface area contributed by atoms with Gasteiger partial charge in [0.1, 0.15) is 0 Å². The minimum atomic E-state index is 0.521. The van der Waals surface area contributed by atoms with Crippen molar-refractivity contribution in [2.45, 2.75) is 45.2 Å². The Bertz CT molecular complexity index is 509. The second kappa shape index (κ2) is 5.84. The lowest BCUT2D eigenvalue weighted by Gasteiger charge is -2.21. The summed E-state index contributed by atoms with van der Waals surface area (Å²) in [5.41, 5.74) is 1.43. The number of likely N-dealkylation sites (tertiary alicyclic amines) is 1. The van der Waals surface area contributed by atoms with Crippen LogP contribution in [0.1, 0.15) is 49.5 Å². The van der Waals surface area contributed by atoms with E-state index >= 15 is 0 Å². The highest BCUT2D eigenvalue weighted by Gasteiger charge is 2.27. The SMILES string of the molecule is CCCc1noc(CN2CCCC2c2ccsc2)n1. The maximum Gasteiger partial charge on any atom is 0.240 e. The Balaban J connectivity index is 1.67. The molecule has 0 amide bonds. The standard InChI is InChI=1S/C14H19N3OS/c1-2-4-13-15-14(18-16-13)9-17-7-3-5-12(17)11-6-8-19-10-11/h6,8,10,12H,2-5,7,9H2,1H3. The molecule has 5 heteroatoms. The Labute approximate surface area is 117 Å². The van der Waals surface area contributed by atoms with Crippen LogP contribution in [-0.2, 0) is 13.0 Å². The molecule has 1 saturated heterocycles. The fourth-order valence-corrected chi connectivity index (χ4v) is 3.42. The van der Waals surface area contributed by atoms with Gasteiger partial charge in [-0.3, -0.25) is 4.90 Å². The normalized spacial score (nSPS) is 20.2. The minimum Gasteiger partial charge on any atom is -0.338 e. The van der Waals surface area contributed by atoms with Gasteiger partial charge in [-0.15, -0.1) is 0 Å². The number of rotatable bonds is 5. The summed E-state index contributed by atoms with van der Waals surface area (Å²) in [6.07, 6.45) is 4.43. The second-order valence-corrected chi connectivity index (χ2v) is 5.82. The Hall–Kier alpha value is -1.20. The molecule has 0 aromatic carbocycles. The summed E-state index contributed by atoms with van der Waals surface area (Å²) in [5.74, 6) is 1.59. The molecule has 0 spiro atoms. The van der Waals surface area contributed by atoms with Crippen molar-refractivity contribution in [3.05, 3.63) is 34.1 Å². The van der Waals surface area contributed by atoms with Crippen molar-refractivity contribution in [2.24, 2.45) is 0 Å². The highest BCUT2D eigenvalue weighted by molar-refractivity contribution is 7.07. The molecule has 0 radical (unpaired) electrons. The molecule has 1 fully saturated rings. The smallest absolute Gasteiger partial charge is 0.240 e. The maximum absolute atomic E-state index is 5.34. The second-order valence-electron chi connectivity index (χ2n) is 5.04. The molecule has 2 aromatic heterocycles. The van der Waals surface area contributed by atoms with Crippen molar-refractivity contribution >= 4 is 11.3 Å². The quantitative estimate of drug-likeness (QED) is 0.840. The van der Waals surface area contributed by atoms with Crippen LogP contribution in [0.3, 0.4) is 0 Å². The van der Waals surface area contributed by atoms with Crippen molar-refractivity contribution in [3.63, 3.8) is 0 Å². The first-order chi connectivity index (χ1) is 9.36. The monoisotopic (exact) mass is 277 g/mol. The van der Waals surface area contributed by atoms with Gasteiger partial charge in [0.25, 0.3) is 0 Å². The molecule has 3 heterocycles. The number of hydrogen-bond donors (Lipinski definition) is 0. The highest BCUT2D eigenvalue weighted by Crippen LogP contribution is 2.33. The zero-order valence-corrected chi connectivity index (χ0v) is 12.0. The first-order valence-electron chi connectivity index (χ1n) is 6.94. The molecule has 1 atom stereocenters. The number of nitrogens with zero attached hydrogens (tertiary/aromatic N) is 3. The Morgan fingerprint density at radius 3 is 3.26 bits per heavy atom. The van der Waals surface area contributed by atoms with Crippen molar-refractivity contribution in [1.29, 1.82) is 0 Å². The first-order valence-corrected chi connectivity index (χ1v) is 7.88. The van der Waals surface area contributed by atoms with E-state index in [0.29, 0.717) is 6.04 Å². The van der Waals surface area contributed by atoms with E-state index in [9.17, 15) is 0 Å². The number of aryl methyl sites for hydroxylation is 1. The molecule has 0 N–H and O–H groups in total. The first kappa shape index (κ1) is 12.8. The molecule has 2 aromatic rings. The van der Waals surface area contributed by atoms with Gasteiger partial charge < -0.3 is 4.52 Å². The molecule has 0 saturated carbocycles. The van der Waals surface area contributed by atoms with E-state index in [1.807, 2.05) is 0 Å². The molecular weight excluding hydrogens is 258 g/mol. The summed E-state index contributed by atoms with van der Waals surface area (Å²) < 4.78 is 5.34. The summed E-state index contributed by atoms with van der Waals surface area (Å²) in [4.78, 5) is 6.91. The van der Waals surface area contributed by atoms with Crippen LogP contribution in [0.15, 0.2) is 21.3 Å². The van der Waals surface area contributed by atoms with Gasteiger partial charge in [0, 0.05) is 12.5 Å². The van der Waals surface area contributed by atoms with Gasteiger partial charge in [-0.25, -0.2) is 0 Å². The number of hydrogen-bond acceptors (Lipinski definition) is 5. The van der Waals surface area contributed by atoms with Crippen molar-refractivity contribution < 1.29 is 4.52 Å². The van der Waals surface area contributed by atoms with Gasteiger partial charge in [0.05, 0.1) is 6.54 Å². The fraction of sp³-hybridized carbons (Fsp3) is 0.571. The maximum atomic E-state index is 5.34. The van der Waals surface area contributed by atoms with Gasteiger partial charge in [-0.2, -0.15) is 16.3 Å². The van der Waals surface area contributed by atoms with Gasteiger partial charge in [0.15, 0.2) is 5.82 Å². The molecule has 1 aliphatic heterocycles. The molecule has 1 aliphatic rings. The average molecular weight is 277 g/mol. The van der Waals surface area contributed by atoms with E-state index in [2.05, 4.69) is 38.8 Å². The van der Waals surface area contributed by atoms with Gasteiger partial charge >= 0.3 is 0 Å². The third-order valence-corrected chi connectivity index (χ3v) is 4.32. The van der Waals surface area contributed by atoms with E-state index in [1.54, 1.807) is 11.3 Å². The van der Waals surface area contributed by atoms with E-state index in [4.69, 9.17) is 4.52 Å². The fourth-order valence-electron chi connectivity index (χ4n) is 2.71. The molecule has 0 aliphatic carbocycles. The van der Waals surface area contributed by atoms with Crippen LogP contribution in [0.4, 0.5) is 0 Å². The predicted molar refractivity (Wildman–Crippen MR) is 75.0 cm³/mol. The number of aromatic nitrogens is 2. The van der Waals surface area contributed by atoms with Gasteiger partial charge in [-0.1, -0.05) is 12.1 Å². The van der Waals surface area contributed by atoms with Gasteiger partial charge in [0.2, 0.25) is 5.89 Å². The van der Waals surface area contributed by atoms with Crippen molar-refractivity contribution in [1.82, 2.24) is 15.0 Å². The third-order valence-electron chi connectivity index (χ3n) is 3.61. The Morgan fingerprint density at radius 2 is 2.47 bits per heavy atom.